The molecule has 0 aliphatic heterocycles. The van der Waals surface area contributed by atoms with Gasteiger partial charge < -0.3 is 20.9 Å². The molecular weight excluding hydrogens is 280 g/mol. The van der Waals surface area contributed by atoms with Crippen LogP contribution in [-0.4, -0.2) is 29.8 Å². The molecule has 5 heteroatoms. The van der Waals surface area contributed by atoms with Crippen LogP contribution in [0.1, 0.15) is 39.2 Å². The van der Waals surface area contributed by atoms with Gasteiger partial charge in [0, 0.05) is 6.08 Å². The Balaban J connectivity index is 2.64. The Morgan fingerprint density at radius 2 is 2.18 bits per heavy atom. The van der Waals surface area contributed by atoms with E-state index in [1.165, 1.54) is 6.08 Å². The van der Waals surface area contributed by atoms with Crippen LogP contribution >= 0.6 is 0 Å². The number of carbonyl (C=O) groups excluding carboxylic acids is 1. The van der Waals surface area contributed by atoms with E-state index in [2.05, 4.69) is 12.2 Å². The normalized spacial score (nSPS) is 11.6. The summed E-state index contributed by atoms with van der Waals surface area (Å²) >= 11 is 0. The van der Waals surface area contributed by atoms with Gasteiger partial charge >= 0.3 is 0 Å². The van der Waals surface area contributed by atoms with Crippen molar-refractivity contribution in [2.75, 3.05) is 18.9 Å². The number of ether oxygens (including phenoxy) is 1. The highest BCUT2D eigenvalue weighted by molar-refractivity contribution is 5.92. The number of aliphatic hydroxyl groups excluding tert-OH is 1. The van der Waals surface area contributed by atoms with Gasteiger partial charge in [-0.25, -0.2) is 0 Å². The summed E-state index contributed by atoms with van der Waals surface area (Å²) in [5.41, 5.74) is 6.67. The molecule has 0 aliphatic rings. The number of nitrogen functional groups attached to an aromatic ring is 1. The van der Waals surface area contributed by atoms with Crippen LogP contribution in [0.25, 0.3) is 6.08 Å². The smallest absolute Gasteiger partial charge is 0.244 e. The van der Waals surface area contributed by atoms with Gasteiger partial charge in [-0.1, -0.05) is 19.4 Å². The number of nitrogens with one attached hydrogen (secondary N) is 1. The van der Waals surface area contributed by atoms with E-state index in [0.717, 1.165) is 18.4 Å². The fourth-order valence-electron chi connectivity index (χ4n) is 1.72. The largest absolute Gasteiger partial charge is 0.491 e. The monoisotopic (exact) mass is 306 g/mol. The molecule has 0 atom stereocenters. The van der Waals surface area contributed by atoms with Crippen LogP contribution in [0.4, 0.5) is 5.69 Å². The summed E-state index contributed by atoms with van der Waals surface area (Å²) in [5.74, 6) is 0.400. The Morgan fingerprint density at radius 1 is 1.45 bits per heavy atom. The van der Waals surface area contributed by atoms with Crippen molar-refractivity contribution in [3.8, 4) is 5.75 Å². The number of amides is 1. The van der Waals surface area contributed by atoms with Crippen molar-refractivity contribution in [2.24, 2.45) is 0 Å². The highest BCUT2D eigenvalue weighted by Crippen LogP contribution is 2.23. The fourth-order valence-corrected chi connectivity index (χ4v) is 1.72. The number of rotatable bonds is 8. The van der Waals surface area contributed by atoms with Gasteiger partial charge in [0.15, 0.2) is 0 Å². The van der Waals surface area contributed by atoms with Gasteiger partial charge in [-0.3, -0.25) is 4.79 Å². The van der Waals surface area contributed by atoms with E-state index in [1.54, 1.807) is 32.1 Å². The van der Waals surface area contributed by atoms with Crippen LogP contribution in [-0.2, 0) is 4.79 Å². The minimum atomic E-state index is -0.641. The molecule has 4 N–H and O–H groups in total. The van der Waals surface area contributed by atoms with Gasteiger partial charge in [-0.05, 0) is 44.0 Å². The van der Waals surface area contributed by atoms with Crippen molar-refractivity contribution < 1.29 is 14.6 Å². The minimum Gasteiger partial charge on any atom is -0.491 e. The zero-order valence-electron chi connectivity index (χ0n) is 13.6. The van der Waals surface area contributed by atoms with Gasteiger partial charge in [-0.15, -0.1) is 0 Å². The molecule has 0 aromatic heterocycles. The van der Waals surface area contributed by atoms with Crippen LogP contribution in [0.3, 0.4) is 0 Å². The summed E-state index contributed by atoms with van der Waals surface area (Å²) in [6.45, 7) is 6.12. The predicted molar refractivity (Wildman–Crippen MR) is 89.6 cm³/mol. The summed E-state index contributed by atoms with van der Waals surface area (Å²) in [6, 6.07) is 5.42. The lowest BCUT2D eigenvalue weighted by atomic mass is 10.1. The van der Waals surface area contributed by atoms with Crippen molar-refractivity contribution in [1.82, 2.24) is 5.32 Å². The number of nitrogens with two attached hydrogens (primary N) is 1. The second kappa shape index (κ2) is 8.44. The molecule has 0 radical (unpaired) electrons. The van der Waals surface area contributed by atoms with Crippen molar-refractivity contribution in [3.63, 3.8) is 0 Å². The molecule has 0 saturated carbocycles. The highest BCUT2D eigenvalue weighted by Gasteiger charge is 2.17. The van der Waals surface area contributed by atoms with Crippen LogP contribution in [0.15, 0.2) is 24.3 Å². The van der Waals surface area contributed by atoms with E-state index in [-0.39, 0.29) is 12.5 Å². The van der Waals surface area contributed by atoms with Gasteiger partial charge in [0.25, 0.3) is 0 Å². The Hall–Kier alpha value is -2.01. The molecule has 0 heterocycles. The predicted octanol–water partition coefficient (Wildman–Crippen LogP) is 2.35. The Labute approximate surface area is 132 Å². The third-order valence-electron chi connectivity index (χ3n) is 3.07. The molecular formula is C17H26N2O3. The molecule has 1 aromatic carbocycles. The molecule has 0 fully saturated rings. The van der Waals surface area contributed by atoms with Crippen molar-refractivity contribution in [2.45, 2.75) is 39.2 Å². The molecule has 0 spiro atoms. The van der Waals surface area contributed by atoms with Gasteiger partial charge in [0.05, 0.1) is 24.4 Å². The third-order valence-corrected chi connectivity index (χ3v) is 3.07. The van der Waals surface area contributed by atoms with Gasteiger partial charge in [0.2, 0.25) is 5.91 Å². The van der Waals surface area contributed by atoms with Gasteiger partial charge in [0.1, 0.15) is 5.75 Å². The average Bonchev–Trinajstić information content (AvgIpc) is 2.47. The van der Waals surface area contributed by atoms with Gasteiger partial charge in [-0.2, -0.15) is 0 Å². The highest BCUT2D eigenvalue weighted by atomic mass is 16.5. The molecule has 0 bridgehead atoms. The standard InChI is InChI=1S/C17H26N2O3/c1-4-5-10-22-15-8-6-13(11-14(15)18)7-9-16(21)19-17(2,3)12-20/h6-9,11,20H,4-5,10,12,18H2,1-3H3,(H,19,21)/b9-7-. The van der Waals surface area contributed by atoms with Crippen molar-refractivity contribution in [3.05, 3.63) is 29.8 Å². The summed E-state index contributed by atoms with van der Waals surface area (Å²) in [5, 5.41) is 11.8. The van der Waals surface area contributed by atoms with E-state index in [4.69, 9.17) is 15.6 Å². The van der Waals surface area contributed by atoms with E-state index < -0.39 is 5.54 Å². The first-order chi connectivity index (χ1) is 10.4. The lowest BCUT2D eigenvalue weighted by Gasteiger charge is -2.22. The SMILES string of the molecule is CCCCOc1ccc(/C=C\C(=O)NC(C)(C)CO)cc1N. The number of carbonyl (C=O) groups is 1. The summed E-state index contributed by atoms with van der Waals surface area (Å²) in [6.07, 6.45) is 5.15. The second-order valence-corrected chi connectivity index (χ2v) is 5.86. The maximum absolute atomic E-state index is 11.8. The fraction of sp³-hybridized carbons (Fsp3) is 0.471. The number of benzene rings is 1. The minimum absolute atomic E-state index is 0.122. The maximum atomic E-state index is 11.8. The van der Waals surface area contributed by atoms with E-state index in [1.807, 2.05) is 6.07 Å². The van der Waals surface area contributed by atoms with E-state index in [0.29, 0.717) is 18.0 Å². The maximum Gasteiger partial charge on any atom is 0.244 e. The Kier molecular flexibility index (Phi) is 6.92. The van der Waals surface area contributed by atoms with Crippen LogP contribution in [0.5, 0.6) is 5.75 Å². The topological polar surface area (TPSA) is 84.6 Å². The summed E-state index contributed by atoms with van der Waals surface area (Å²) < 4.78 is 5.58. The number of hydrogen-bond donors (Lipinski definition) is 3. The molecule has 1 aromatic rings. The number of hydrogen-bond acceptors (Lipinski definition) is 4. The van der Waals surface area contributed by atoms with Crippen LogP contribution < -0.4 is 15.8 Å². The van der Waals surface area contributed by atoms with Crippen LogP contribution in [0, 0.1) is 0 Å². The molecule has 0 aliphatic carbocycles. The molecule has 0 unspecified atom stereocenters. The summed E-state index contributed by atoms with van der Waals surface area (Å²) in [7, 11) is 0. The molecule has 5 nitrogen and oxygen atoms in total. The van der Waals surface area contributed by atoms with Crippen LogP contribution in [0.2, 0.25) is 0 Å². The van der Waals surface area contributed by atoms with E-state index >= 15 is 0 Å². The van der Waals surface area contributed by atoms with Crippen molar-refractivity contribution in [1.29, 1.82) is 0 Å². The molecule has 122 valence electrons. The molecule has 0 saturated heterocycles. The number of unbranched alkanes of at least 4 members (excludes halogenated alkanes) is 1. The molecule has 22 heavy (non-hydrogen) atoms. The Bertz CT molecular complexity index is 525. The number of anilines is 1. The van der Waals surface area contributed by atoms with E-state index in [9.17, 15) is 4.79 Å². The zero-order chi connectivity index (χ0) is 16.6. The Morgan fingerprint density at radius 3 is 2.77 bits per heavy atom. The first-order valence-electron chi connectivity index (χ1n) is 7.51. The third kappa shape index (κ3) is 6.18. The lowest BCUT2D eigenvalue weighted by Crippen LogP contribution is -2.45. The molecule has 1 amide bonds. The first-order valence-corrected chi connectivity index (χ1v) is 7.51. The summed E-state index contributed by atoms with van der Waals surface area (Å²) in [4.78, 5) is 11.8. The second-order valence-electron chi connectivity index (χ2n) is 5.86. The first kappa shape index (κ1) is 18.0. The zero-order valence-corrected chi connectivity index (χ0v) is 13.6. The lowest BCUT2D eigenvalue weighted by molar-refractivity contribution is -0.118. The average molecular weight is 306 g/mol. The molecule has 1 rings (SSSR count). The number of aliphatic hydroxyl groups is 1. The quantitative estimate of drug-likeness (QED) is 0.391. The van der Waals surface area contributed by atoms with Crippen molar-refractivity contribution >= 4 is 17.7 Å².